The second-order valence-corrected chi connectivity index (χ2v) is 5.10. The number of rotatable bonds is 3. The van der Waals surface area contributed by atoms with Gasteiger partial charge in [0.15, 0.2) is 10.9 Å². The van der Waals surface area contributed by atoms with E-state index in [2.05, 4.69) is 20.6 Å². The van der Waals surface area contributed by atoms with Crippen LogP contribution in [-0.2, 0) is 0 Å². The predicted molar refractivity (Wildman–Crippen MR) is 87.8 cm³/mol. The summed E-state index contributed by atoms with van der Waals surface area (Å²) in [6, 6.07) is 9.03. The number of nitrogens with one attached hydrogen (secondary N) is 2. The summed E-state index contributed by atoms with van der Waals surface area (Å²) in [5.74, 6) is 0.461. The van der Waals surface area contributed by atoms with E-state index in [1.807, 2.05) is 26.0 Å². The fourth-order valence-electron chi connectivity index (χ4n) is 1.86. The average Bonchev–Trinajstić information content (AvgIpc) is 2.37. The van der Waals surface area contributed by atoms with Crippen molar-refractivity contribution in [3.8, 4) is 0 Å². The molecular weight excluding hydrogens is 284 g/mol. The first-order chi connectivity index (χ1) is 9.94. The van der Waals surface area contributed by atoms with Crippen molar-refractivity contribution in [1.82, 2.24) is 9.97 Å². The Morgan fingerprint density at radius 2 is 1.76 bits per heavy atom. The van der Waals surface area contributed by atoms with Crippen LogP contribution in [0.3, 0.4) is 0 Å². The lowest BCUT2D eigenvalue weighted by Crippen LogP contribution is -2.21. The Bertz CT molecular complexity index is 680. The minimum absolute atomic E-state index is 0.00942. The summed E-state index contributed by atoms with van der Waals surface area (Å²) in [6.45, 7) is 5.32. The topological polar surface area (TPSA) is 66.9 Å². The Balaban J connectivity index is 2.08. The fraction of sp³-hybridized carbons (Fsp3) is 0.200. The van der Waals surface area contributed by atoms with Gasteiger partial charge in [-0.3, -0.25) is 4.79 Å². The van der Waals surface area contributed by atoms with Gasteiger partial charge in [0.05, 0.1) is 0 Å². The van der Waals surface area contributed by atoms with Gasteiger partial charge in [0.1, 0.15) is 0 Å². The molecule has 0 saturated heterocycles. The highest BCUT2D eigenvalue weighted by Crippen LogP contribution is 2.12. The highest BCUT2D eigenvalue weighted by Gasteiger charge is 2.05. The lowest BCUT2D eigenvalue weighted by atomic mass is 10.1. The Morgan fingerprint density at radius 1 is 1.10 bits per heavy atom. The normalized spacial score (nSPS) is 10.0. The van der Waals surface area contributed by atoms with Gasteiger partial charge in [0, 0.05) is 22.6 Å². The maximum atomic E-state index is 11.4. The second-order valence-electron chi connectivity index (χ2n) is 4.69. The van der Waals surface area contributed by atoms with Crippen LogP contribution in [-0.4, -0.2) is 20.9 Å². The fourth-order valence-corrected chi connectivity index (χ4v) is 2.07. The van der Waals surface area contributed by atoms with Gasteiger partial charge in [-0.25, -0.2) is 9.97 Å². The third kappa shape index (κ3) is 4.32. The Hall–Kier alpha value is -2.34. The number of anilines is 2. The first kappa shape index (κ1) is 15.1. The van der Waals surface area contributed by atoms with Crippen molar-refractivity contribution in [2.75, 3.05) is 10.6 Å². The van der Waals surface area contributed by atoms with Gasteiger partial charge in [0.25, 0.3) is 0 Å². The van der Waals surface area contributed by atoms with Crippen LogP contribution < -0.4 is 10.6 Å². The van der Waals surface area contributed by atoms with Crippen LogP contribution in [0.1, 0.15) is 28.7 Å². The third-order valence-electron chi connectivity index (χ3n) is 2.73. The van der Waals surface area contributed by atoms with Crippen LogP contribution in [0.2, 0.25) is 0 Å². The van der Waals surface area contributed by atoms with Crippen molar-refractivity contribution >= 4 is 34.7 Å². The summed E-state index contributed by atoms with van der Waals surface area (Å²) in [6.07, 6.45) is 0. The molecule has 21 heavy (non-hydrogen) atoms. The zero-order valence-corrected chi connectivity index (χ0v) is 12.9. The summed E-state index contributed by atoms with van der Waals surface area (Å²) in [4.78, 5) is 19.9. The van der Waals surface area contributed by atoms with Crippen LogP contribution in [0.4, 0.5) is 11.6 Å². The molecule has 0 unspecified atom stereocenters. The Kier molecular flexibility index (Phi) is 4.59. The molecule has 0 aliphatic rings. The molecule has 6 heteroatoms. The van der Waals surface area contributed by atoms with E-state index in [1.165, 1.54) is 6.92 Å². The first-order valence-electron chi connectivity index (χ1n) is 6.45. The largest absolute Gasteiger partial charge is 0.332 e. The van der Waals surface area contributed by atoms with E-state index < -0.39 is 0 Å². The maximum absolute atomic E-state index is 11.4. The minimum atomic E-state index is 0.00942. The number of carbonyl (C=O) groups is 1. The average molecular weight is 300 g/mol. The molecule has 2 rings (SSSR count). The number of benzene rings is 1. The lowest BCUT2D eigenvalue weighted by Gasteiger charge is -2.10. The van der Waals surface area contributed by atoms with Crippen molar-refractivity contribution in [3.63, 3.8) is 0 Å². The highest BCUT2D eigenvalue weighted by atomic mass is 32.1. The number of ketones is 1. The predicted octanol–water partition coefficient (Wildman–Crippen LogP) is 3.10. The van der Waals surface area contributed by atoms with Gasteiger partial charge in [-0.05, 0) is 51.2 Å². The summed E-state index contributed by atoms with van der Waals surface area (Å²) in [7, 11) is 0. The van der Waals surface area contributed by atoms with Gasteiger partial charge >= 0.3 is 0 Å². The van der Waals surface area contributed by atoms with E-state index >= 15 is 0 Å². The number of hydrogen-bond acceptors (Lipinski definition) is 4. The molecule has 2 N–H and O–H groups in total. The number of aromatic nitrogens is 2. The van der Waals surface area contributed by atoms with E-state index in [-0.39, 0.29) is 5.78 Å². The SMILES string of the molecule is CC(=O)c1cccc(NC(=S)Nc2nc(C)cc(C)n2)c1. The smallest absolute Gasteiger partial charge is 0.229 e. The van der Waals surface area contributed by atoms with E-state index in [9.17, 15) is 4.79 Å². The number of carbonyl (C=O) groups excluding carboxylic acids is 1. The van der Waals surface area contributed by atoms with Gasteiger partial charge in [0.2, 0.25) is 5.95 Å². The van der Waals surface area contributed by atoms with Crippen molar-refractivity contribution in [1.29, 1.82) is 0 Å². The number of thiocarbonyl (C=S) groups is 1. The van der Waals surface area contributed by atoms with Crippen molar-refractivity contribution in [2.45, 2.75) is 20.8 Å². The maximum Gasteiger partial charge on any atom is 0.229 e. The van der Waals surface area contributed by atoms with Gasteiger partial charge in [-0.2, -0.15) is 0 Å². The second kappa shape index (κ2) is 6.41. The molecule has 0 atom stereocenters. The molecule has 0 aliphatic heterocycles. The minimum Gasteiger partial charge on any atom is -0.332 e. The highest BCUT2D eigenvalue weighted by molar-refractivity contribution is 7.80. The summed E-state index contributed by atoms with van der Waals surface area (Å²) < 4.78 is 0. The molecule has 5 nitrogen and oxygen atoms in total. The molecular formula is C15H16N4OS. The lowest BCUT2D eigenvalue weighted by molar-refractivity contribution is 0.101. The molecule has 1 aromatic carbocycles. The van der Waals surface area contributed by atoms with Gasteiger partial charge < -0.3 is 10.6 Å². The molecule has 108 valence electrons. The summed E-state index contributed by atoms with van der Waals surface area (Å²) in [5.41, 5.74) is 3.10. The monoisotopic (exact) mass is 300 g/mol. The molecule has 1 heterocycles. The molecule has 0 spiro atoms. The van der Waals surface area contributed by atoms with Crippen molar-refractivity contribution in [2.24, 2.45) is 0 Å². The molecule has 0 bridgehead atoms. The molecule has 0 radical (unpaired) electrons. The zero-order valence-electron chi connectivity index (χ0n) is 12.1. The molecule has 2 aromatic rings. The standard InChI is InChI=1S/C15H16N4OS/c1-9-7-10(2)17-14(16-9)19-15(21)18-13-6-4-5-12(8-13)11(3)20/h4-8H,1-3H3,(H2,16,17,18,19,21). The quantitative estimate of drug-likeness (QED) is 0.670. The third-order valence-corrected chi connectivity index (χ3v) is 2.94. The van der Waals surface area contributed by atoms with Gasteiger partial charge in [-0.15, -0.1) is 0 Å². The van der Waals surface area contributed by atoms with Crippen molar-refractivity contribution in [3.05, 3.63) is 47.3 Å². The number of aryl methyl sites for hydroxylation is 2. The summed E-state index contributed by atoms with van der Waals surface area (Å²) >= 11 is 5.23. The summed E-state index contributed by atoms with van der Waals surface area (Å²) in [5, 5.41) is 6.32. The van der Waals surface area contributed by atoms with Crippen LogP contribution in [0.5, 0.6) is 0 Å². The van der Waals surface area contributed by atoms with Crippen molar-refractivity contribution < 1.29 is 4.79 Å². The zero-order chi connectivity index (χ0) is 15.4. The number of Topliss-reactive ketones (excluding diaryl/α,β-unsaturated/α-hetero) is 1. The molecule has 0 amide bonds. The van der Waals surface area contributed by atoms with E-state index in [0.717, 1.165) is 17.1 Å². The van der Waals surface area contributed by atoms with E-state index in [1.54, 1.807) is 18.2 Å². The van der Waals surface area contributed by atoms with E-state index in [0.29, 0.717) is 16.6 Å². The Labute approximate surface area is 128 Å². The first-order valence-corrected chi connectivity index (χ1v) is 6.86. The molecule has 1 aromatic heterocycles. The Morgan fingerprint density at radius 3 is 2.38 bits per heavy atom. The van der Waals surface area contributed by atoms with Crippen LogP contribution >= 0.6 is 12.2 Å². The van der Waals surface area contributed by atoms with Crippen LogP contribution in [0, 0.1) is 13.8 Å². The van der Waals surface area contributed by atoms with Crippen LogP contribution in [0.25, 0.3) is 0 Å². The molecule has 0 saturated carbocycles. The number of nitrogens with zero attached hydrogens (tertiary/aromatic N) is 2. The number of hydrogen-bond donors (Lipinski definition) is 2. The van der Waals surface area contributed by atoms with Gasteiger partial charge in [-0.1, -0.05) is 12.1 Å². The van der Waals surface area contributed by atoms with Crippen LogP contribution in [0.15, 0.2) is 30.3 Å². The molecule has 0 aliphatic carbocycles. The molecule has 0 fully saturated rings. The van der Waals surface area contributed by atoms with E-state index in [4.69, 9.17) is 12.2 Å².